The Labute approximate surface area is 322 Å². The normalized spacial score (nSPS) is 11.6. The molecule has 0 fully saturated rings. The lowest BCUT2D eigenvalue weighted by Crippen LogP contribution is -2.00. The molecular formula is C51H32N4O. The summed E-state index contributed by atoms with van der Waals surface area (Å²) in [6.07, 6.45) is 0. The quantitative estimate of drug-likeness (QED) is 0.172. The molecule has 262 valence electrons. The number of aromatic nitrogens is 4. The van der Waals surface area contributed by atoms with Gasteiger partial charge in [0.2, 0.25) is 0 Å². The van der Waals surface area contributed by atoms with E-state index in [1.165, 1.54) is 10.8 Å². The maximum Gasteiger partial charge on any atom is 0.164 e. The van der Waals surface area contributed by atoms with E-state index in [2.05, 4.69) is 126 Å². The summed E-state index contributed by atoms with van der Waals surface area (Å²) in [6.45, 7) is 0. The molecule has 5 nitrogen and oxygen atoms in total. The highest BCUT2D eigenvalue weighted by atomic mass is 16.3. The van der Waals surface area contributed by atoms with E-state index in [0.29, 0.717) is 17.5 Å². The lowest BCUT2D eigenvalue weighted by atomic mass is 10.0. The number of hydrogen-bond donors (Lipinski definition) is 0. The van der Waals surface area contributed by atoms with Gasteiger partial charge < -0.3 is 8.98 Å². The summed E-state index contributed by atoms with van der Waals surface area (Å²) in [5.74, 6) is 1.92. The molecule has 0 unspecified atom stereocenters. The van der Waals surface area contributed by atoms with Gasteiger partial charge in [-0.25, -0.2) is 15.0 Å². The van der Waals surface area contributed by atoms with Gasteiger partial charge in [0.1, 0.15) is 11.2 Å². The van der Waals surface area contributed by atoms with Gasteiger partial charge in [-0.05, 0) is 76.9 Å². The van der Waals surface area contributed by atoms with Crippen molar-refractivity contribution in [1.82, 2.24) is 19.5 Å². The van der Waals surface area contributed by atoms with Crippen molar-refractivity contribution < 1.29 is 4.42 Å². The van der Waals surface area contributed by atoms with Gasteiger partial charge in [0.25, 0.3) is 0 Å². The van der Waals surface area contributed by atoms with Crippen molar-refractivity contribution in [2.75, 3.05) is 0 Å². The Hall–Kier alpha value is -7.63. The van der Waals surface area contributed by atoms with Crippen molar-refractivity contribution in [2.45, 2.75) is 0 Å². The van der Waals surface area contributed by atoms with Gasteiger partial charge in [-0.1, -0.05) is 140 Å². The Bertz CT molecular complexity index is 3200. The number of benzene rings is 8. The highest BCUT2D eigenvalue weighted by Gasteiger charge is 2.16. The molecule has 0 amide bonds. The van der Waals surface area contributed by atoms with Crippen LogP contribution in [0.4, 0.5) is 0 Å². The average Bonchev–Trinajstić information content (AvgIpc) is 3.82. The maximum absolute atomic E-state index is 6.25. The monoisotopic (exact) mass is 716 g/mol. The summed E-state index contributed by atoms with van der Waals surface area (Å²) in [5, 5.41) is 4.68. The lowest BCUT2D eigenvalue weighted by molar-refractivity contribution is 0.669. The van der Waals surface area contributed by atoms with Crippen LogP contribution in [0, 0.1) is 0 Å². The van der Waals surface area contributed by atoms with Crippen molar-refractivity contribution >= 4 is 43.7 Å². The molecule has 0 aliphatic heterocycles. The Balaban J connectivity index is 0.997. The fourth-order valence-electron chi connectivity index (χ4n) is 7.94. The minimum Gasteiger partial charge on any atom is -0.456 e. The molecule has 11 aromatic rings. The van der Waals surface area contributed by atoms with Crippen LogP contribution in [0.5, 0.6) is 0 Å². The molecule has 0 atom stereocenters. The second-order valence-electron chi connectivity index (χ2n) is 14.1. The SMILES string of the molecule is c1ccc(-c2nc(-c3ccccc3)nc(-c3cccc(-c4cccc(-n5c6ccccc6c6cc(-c7ccc8c(c7)oc7ccccc78)ccc65)c4)c3)n2)cc1. The molecule has 0 N–H and O–H groups in total. The third-order valence-electron chi connectivity index (χ3n) is 10.6. The van der Waals surface area contributed by atoms with Crippen molar-refractivity contribution in [3.05, 3.63) is 194 Å². The van der Waals surface area contributed by atoms with Crippen LogP contribution >= 0.6 is 0 Å². The van der Waals surface area contributed by atoms with Gasteiger partial charge in [-0.15, -0.1) is 0 Å². The zero-order chi connectivity index (χ0) is 37.0. The molecular weight excluding hydrogens is 685 g/mol. The molecule has 11 rings (SSSR count). The second kappa shape index (κ2) is 13.0. The molecule has 0 bridgehead atoms. The number of para-hydroxylation sites is 2. The third-order valence-corrected chi connectivity index (χ3v) is 10.6. The molecule has 8 aromatic carbocycles. The van der Waals surface area contributed by atoms with E-state index in [1.807, 2.05) is 72.8 Å². The Morgan fingerprint density at radius 1 is 0.304 bits per heavy atom. The zero-order valence-electron chi connectivity index (χ0n) is 30.2. The Kier molecular flexibility index (Phi) is 7.42. The molecule has 0 saturated heterocycles. The number of rotatable bonds is 6. The summed E-state index contributed by atoms with van der Waals surface area (Å²) in [4.78, 5) is 14.8. The van der Waals surface area contributed by atoms with Crippen LogP contribution in [0.3, 0.4) is 0 Å². The van der Waals surface area contributed by atoms with E-state index < -0.39 is 0 Å². The topological polar surface area (TPSA) is 56.7 Å². The number of furan rings is 1. The summed E-state index contributed by atoms with van der Waals surface area (Å²) >= 11 is 0. The molecule has 56 heavy (non-hydrogen) atoms. The van der Waals surface area contributed by atoms with Gasteiger partial charge >= 0.3 is 0 Å². The highest BCUT2D eigenvalue weighted by molar-refractivity contribution is 6.11. The highest BCUT2D eigenvalue weighted by Crippen LogP contribution is 2.38. The first-order chi connectivity index (χ1) is 27.7. The average molecular weight is 717 g/mol. The van der Waals surface area contributed by atoms with Crippen LogP contribution < -0.4 is 0 Å². The van der Waals surface area contributed by atoms with Crippen LogP contribution in [0.15, 0.2) is 199 Å². The smallest absolute Gasteiger partial charge is 0.164 e. The van der Waals surface area contributed by atoms with E-state index in [4.69, 9.17) is 19.4 Å². The van der Waals surface area contributed by atoms with Gasteiger partial charge in [0.05, 0.1) is 11.0 Å². The molecule has 3 aromatic heterocycles. The minimum absolute atomic E-state index is 0.633. The summed E-state index contributed by atoms with van der Waals surface area (Å²) in [5.41, 5.74) is 12.5. The Morgan fingerprint density at radius 2 is 0.821 bits per heavy atom. The predicted molar refractivity (Wildman–Crippen MR) is 229 cm³/mol. The summed E-state index contributed by atoms with van der Waals surface area (Å²) < 4.78 is 8.62. The van der Waals surface area contributed by atoms with Crippen LogP contribution in [0.25, 0.3) is 106 Å². The Morgan fingerprint density at radius 3 is 1.59 bits per heavy atom. The van der Waals surface area contributed by atoms with E-state index in [9.17, 15) is 0 Å². The molecule has 0 saturated carbocycles. The van der Waals surface area contributed by atoms with E-state index in [-0.39, 0.29) is 0 Å². The van der Waals surface area contributed by atoms with Gasteiger partial charge in [0, 0.05) is 43.9 Å². The van der Waals surface area contributed by atoms with Crippen molar-refractivity contribution in [2.24, 2.45) is 0 Å². The number of fused-ring (bicyclic) bond motifs is 6. The van der Waals surface area contributed by atoms with E-state index in [0.717, 1.165) is 77.6 Å². The first-order valence-corrected chi connectivity index (χ1v) is 18.8. The fourth-order valence-corrected chi connectivity index (χ4v) is 7.94. The predicted octanol–water partition coefficient (Wildman–Crippen LogP) is 13.2. The number of hydrogen-bond acceptors (Lipinski definition) is 4. The first kappa shape index (κ1) is 31.9. The van der Waals surface area contributed by atoms with Crippen LogP contribution in [-0.4, -0.2) is 19.5 Å². The molecule has 0 spiro atoms. The molecule has 3 heterocycles. The van der Waals surface area contributed by atoms with Crippen molar-refractivity contribution in [3.63, 3.8) is 0 Å². The first-order valence-electron chi connectivity index (χ1n) is 18.8. The van der Waals surface area contributed by atoms with Crippen LogP contribution in [-0.2, 0) is 0 Å². The van der Waals surface area contributed by atoms with Crippen molar-refractivity contribution in [1.29, 1.82) is 0 Å². The summed E-state index contributed by atoms with van der Waals surface area (Å²) in [6, 6.07) is 67.6. The number of nitrogens with zero attached hydrogens (tertiary/aromatic N) is 4. The van der Waals surface area contributed by atoms with Crippen molar-refractivity contribution in [3.8, 4) is 62.1 Å². The maximum atomic E-state index is 6.25. The van der Waals surface area contributed by atoms with Gasteiger partial charge in [0.15, 0.2) is 17.5 Å². The van der Waals surface area contributed by atoms with Crippen LogP contribution in [0.1, 0.15) is 0 Å². The summed E-state index contributed by atoms with van der Waals surface area (Å²) in [7, 11) is 0. The standard InChI is InChI=1S/C51H32N4O/c1-3-13-33(14-4-1)49-52-50(34-15-5-2-6-16-34)54-51(53-49)39-19-11-17-35(29-39)36-18-12-20-40(30-36)55-45-23-9-7-21-41(45)44-31-37(26-28-46(44)55)38-25-27-43-42-22-8-10-24-47(42)56-48(43)32-38/h1-32H. The van der Waals surface area contributed by atoms with Gasteiger partial charge in [-0.3, -0.25) is 0 Å². The van der Waals surface area contributed by atoms with E-state index in [1.54, 1.807) is 0 Å². The second-order valence-corrected chi connectivity index (χ2v) is 14.1. The minimum atomic E-state index is 0.633. The van der Waals surface area contributed by atoms with Gasteiger partial charge in [-0.2, -0.15) is 0 Å². The molecule has 0 radical (unpaired) electrons. The molecule has 0 aliphatic carbocycles. The van der Waals surface area contributed by atoms with E-state index >= 15 is 0 Å². The lowest BCUT2D eigenvalue weighted by Gasteiger charge is -2.12. The zero-order valence-corrected chi connectivity index (χ0v) is 30.2. The van der Waals surface area contributed by atoms with Crippen LogP contribution in [0.2, 0.25) is 0 Å². The molecule has 0 aliphatic rings. The molecule has 5 heteroatoms. The third kappa shape index (κ3) is 5.45. The largest absolute Gasteiger partial charge is 0.456 e. The fraction of sp³-hybridized carbons (Fsp3) is 0.